The third kappa shape index (κ3) is 3.71. The van der Waals surface area contributed by atoms with Crippen molar-refractivity contribution in [2.75, 3.05) is 7.11 Å². The number of amides is 1. The van der Waals surface area contributed by atoms with Gasteiger partial charge in [-0.1, -0.05) is 12.1 Å². The Morgan fingerprint density at radius 2 is 2.04 bits per heavy atom. The van der Waals surface area contributed by atoms with E-state index in [1.165, 1.54) is 5.01 Å². The van der Waals surface area contributed by atoms with Gasteiger partial charge in [0.2, 0.25) is 5.91 Å². The number of nitrogens with zero attached hydrogens (tertiary/aromatic N) is 2. The van der Waals surface area contributed by atoms with Gasteiger partial charge in [-0.05, 0) is 29.8 Å². The van der Waals surface area contributed by atoms with Crippen molar-refractivity contribution in [2.45, 2.75) is 25.3 Å². The van der Waals surface area contributed by atoms with Gasteiger partial charge in [-0.15, -0.1) is 0 Å². The first-order chi connectivity index (χ1) is 12.1. The summed E-state index contributed by atoms with van der Waals surface area (Å²) >= 11 is 0. The molecule has 0 fully saturated rings. The molecule has 1 atom stereocenters. The van der Waals surface area contributed by atoms with Crippen LogP contribution in [0, 0.1) is 0 Å². The van der Waals surface area contributed by atoms with Crippen LogP contribution in [0.25, 0.3) is 0 Å². The van der Waals surface area contributed by atoms with Gasteiger partial charge in [0.1, 0.15) is 17.2 Å². The van der Waals surface area contributed by atoms with Crippen LogP contribution in [0.4, 0.5) is 0 Å². The fraction of sp³-hybridized carbons (Fsp3) is 0.278. The summed E-state index contributed by atoms with van der Waals surface area (Å²) in [7, 11) is 1.59. The Bertz CT molecular complexity index is 780. The van der Waals surface area contributed by atoms with Crippen molar-refractivity contribution < 1.29 is 23.8 Å². The second kappa shape index (κ2) is 7.21. The number of carbonyl (C=O) groups is 2. The van der Waals surface area contributed by atoms with Crippen molar-refractivity contribution in [3.05, 3.63) is 54.0 Å². The van der Waals surface area contributed by atoms with E-state index in [0.29, 0.717) is 17.9 Å². The van der Waals surface area contributed by atoms with Gasteiger partial charge in [0, 0.05) is 12.8 Å². The molecular weight excluding hydrogens is 324 g/mol. The molecule has 1 amide bonds. The van der Waals surface area contributed by atoms with Gasteiger partial charge in [-0.2, -0.15) is 5.10 Å². The van der Waals surface area contributed by atoms with Gasteiger partial charge in [0.15, 0.2) is 0 Å². The molecule has 2 heterocycles. The van der Waals surface area contributed by atoms with E-state index < -0.39 is 5.97 Å². The fourth-order valence-electron chi connectivity index (χ4n) is 2.75. The highest BCUT2D eigenvalue weighted by Gasteiger charge is 2.33. The molecule has 0 radical (unpaired) electrons. The molecule has 0 spiro atoms. The van der Waals surface area contributed by atoms with Gasteiger partial charge in [-0.25, -0.2) is 5.01 Å². The summed E-state index contributed by atoms with van der Waals surface area (Å²) in [6.45, 7) is 0. The average Bonchev–Trinajstić information content (AvgIpc) is 3.29. The smallest absolute Gasteiger partial charge is 0.303 e. The van der Waals surface area contributed by atoms with Crippen molar-refractivity contribution >= 4 is 17.6 Å². The summed E-state index contributed by atoms with van der Waals surface area (Å²) < 4.78 is 10.5. The highest BCUT2D eigenvalue weighted by Crippen LogP contribution is 2.34. The van der Waals surface area contributed by atoms with Gasteiger partial charge in [0.05, 0.1) is 25.8 Å². The van der Waals surface area contributed by atoms with Crippen molar-refractivity contribution in [3.63, 3.8) is 0 Å². The van der Waals surface area contributed by atoms with Crippen molar-refractivity contribution in [3.8, 4) is 5.75 Å². The normalized spacial score (nSPS) is 16.6. The zero-order valence-electron chi connectivity index (χ0n) is 13.7. The maximum atomic E-state index is 12.5. The first-order valence-corrected chi connectivity index (χ1v) is 7.87. The van der Waals surface area contributed by atoms with Crippen molar-refractivity contribution in [1.82, 2.24) is 5.01 Å². The Morgan fingerprint density at radius 1 is 1.28 bits per heavy atom. The Morgan fingerprint density at radius 3 is 2.64 bits per heavy atom. The third-order valence-corrected chi connectivity index (χ3v) is 4.02. The molecule has 130 valence electrons. The maximum absolute atomic E-state index is 12.5. The topological polar surface area (TPSA) is 92.3 Å². The van der Waals surface area contributed by atoms with Crippen LogP contribution in [0.15, 0.2) is 52.2 Å². The minimum Gasteiger partial charge on any atom is -0.497 e. The zero-order chi connectivity index (χ0) is 17.8. The number of carboxylic acids is 1. The molecule has 1 N–H and O–H groups in total. The predicted molar refractivity (Wildman–Crippen MR) is 89.3 cm³/mol. The number of carbonyl (C=O) groups excluding carboxylic acids is 1. The van der Waals surface area contributed by atoms with Gasteiger partial charge in [0.25, 0.3) is 0 Å². The number of furan rings is 1. The molecule has 0 aliphatic carbocycles. The number of ether oxygens (including phenoxy) is 1. The quantitative estimate of drug-likeness (QED) is 0.871. The maximum Gasteiger partial charge on any atom is 0.303 e. The van der Waals surface area contributed by atoms with E-state index in [1.807, 2.05) is 24.3 Å². The molecule has 1 aliphatic heterocycles. The lowest BCUT2D eigenvalue weighted by molar-refractivity contribution is -0.141. The highest BCUT2D eigenvalue weighted by molar-refractivity contribution is 6.01. The number of hydrogen-bond acceptors (Lipinski definition) is 5. The molecule has 1 unspecified atom stereocenters. The standard InChI is InChI=1S/C18H18N2O5/c1-24-13-6-4-12(5-7-13)15-11-14(16-3-2-10-25-16)19-20(15)17(21)8-9-18(22)23/h2-7,10,15H,8-9,11H2,1H3,(H,22,23). The lowest BCUT2D eigenvalue weighted by Crippen LogP contribution is -2.27. The molecule has 0 saturated heterocycles. The zero-order valence-corrected chi connectivity index (χ0v) is 13.7. The number of aliphatic carboxylic acids is 1. The summed E-state index contributed by atoms with van der Waals surface area (Å²) in [6, 6.07) is 10.6. The number of rotatable bonds is 6. The van der Waals surface area contributed by atoms with Gasteiger partial charge < -0.3 is 14.3 Å². The predicted octanol–water partition coefficient (Wildman–Crippen LogP) is 2.83. The molecule has 1 aromatic carbocycles. The molecule has 0 bridgehead atoms. The van der Waals surface area contributed by atoms with E-state index in [9.17, 15) is 9.59 Å². The molecule has 7 nitrogen and oxygen atoms in total. The molecule has 1 aliphatic rings. The SMILES string of the molecule is COc1ccc(C2CC(c3ccco3)=NN2C(=O)CCC(=O)O)cc1. The van der Waals surface area contributed by atoms with E-state index in [1.54, 1.807) is 25.5 Å². The Balaban J connectivity index is 1.86. The van der Waals surface area contributed by atoms with Crippen molar-refractivity contribution in [1.29, 1.82) is 0 Å². The van der Waals surface area contributed by atoms with Gasteiger partial charge >= 0.3 is 5.97 Å². The monoisotopic (exact) mass is 342 g/mol. The largest absolute Gasteiger partial charge is 0.497 e. The molecule has 2 aromatic rings. The van der Waals surface area contributed by atoms with Crippen LogP contribution < -0.4 is 4.74 Å². The summed E-state index contributed by atoms with van der Waals surface area (Å²) in [4.78, 5) is 23.2. The number of hydrogen-bond donors (Lipinski definition) is 1. The van der Waals surface area contributed by atoms with E-state index in [-0.39, 0.29) is 24.8 Å². The summed E-state index contributed by atoms with van der Waals surface area (Å²) in [5.74, 6) is -0.0155. The van der Waals surface area contributed by atoms with E-state index in [4.69, 9.17) is 14.3 Å². The molecular formula is C18H18N2O5. The second-order valence-corrected chi connectivity index (χ2v) is 5.65. The van der Waals surface area contributed by atoms with Gasteiger partial charge in [-0.3, -0.25) is 9.59 Å². The molecule has 7 heteroatoms. The Kier molecular flexibility index (Phi) is 4.83. The van der Waals surface area contributed by atoms with E-state index in [0.717, 1.165) is 11.3 Å². The number of methoxy groups -OCH3 is 1. The van der Waals surface area contributed by atoms with Crippen LogP contribution in [0.3, 0.4) is 0 Å². The lowest BCUT2D eigenvalue weighted by atomic mass is 10.0. The molecule has 25 heavy (non-hydrogen) atoms. The fourth-order valence-corrected chi connectivity index (χ4v) is 2.75. The average molecular weight is 342 g/mol. The van der Waals surface area contributed by atoms with E-state index in [2.05, 4.69) is 5.10 Å². The number of carboxylic acid groups (broad SMARTS) is 1. The minimum absolute atomic E-state index is 0.100. The van der Waals surface area contributed by atoms with Crippen LogP contribution in [0.1, 0.15) is 36.6 Å². The molecule has 1 aromatic heterocycles. The van der Waals surface area contributed by atoms with Crippen LogP contribution in [-0.4, -0.2) is 34.8 Å². The lowest BCUT2D eigenvalue weighted by Gasteiger charge is -2.22. The first kappa shape index (κ1) is 16.8. The Hall–Kier alpha value is -3.09. The minimum atomic E-state index is -1.01. The summed E-state index contributed by atoms with van der Waals surface area (Å²) in [5.41, 5.74) is 1.56. The number of benzene rings is 1. The summed E-state index contributed by atoms with van der Waals surface area (Å²) in [5, 5.41) is 14.6. The van der Waals surface area contributed by atoms with Crippen LogP contribution in [0.2, 0.25) is 0 Å². The molecule has 0 saturated carbocycles. The molecule has 3 rings (SSSR count). The van der Waals surface area contributed by atoms with Crippen LogP contribution >= 0.6 is 0 Å². The summed E-state index contributed by atoms with van der Waals surface area (Å²) in [6.07, 6.45) is 1.72. The first-order valence-electron chi connectivity index (χ1n) is 7.87. The van der Waals surface area contributed by atoms with Crippen molar-refractivity contribution in [2.24, 2.45) is 5.10 Å². The highest BCUT2D eigenvalue weighted by atomic mass is 16.5. The van der Waals surface area contributed by atoms with Crippen LogP contribution in [-0.2, 0) is 9.59 Å². The Labute approximate surface area is 144 Å². The van der Waals surface area contributed by atoms with E-state index >= 15 is 0 Å². The van der Waals surface area contributed by atoms with Crippen LogP contribution in [0.5, 0.6) is 5.75 Å². The second-order valence-electron chi connectivity index (χ2n) is 5.65. The third-order valence-electron chi connectivity index (χ3n) is 4.02. The number of hydrazone groups is 1.